The molecule has 4 rings (SSSR count). The third kappa shape index (κ3) is 3.05. The standard InChI is InChI=1S/C20H18N4/c1-2-16(13-21-9-1)14-22-12-15-3-5-17(6-4-15)18-7-10-23-20-19(18)8-11-24-20/h1-11,13,22H,12,14H2,(H,23,24). The van der Waals surface area contributed by atoms with E-state index in [-0.39, 0.29) is 0 Å². The van der Waals surface area contributed by atoms with E-state index >= 15 is 0 Å². The summed E-state index contributed by atoms with van der Waals surface area (Å²) in [5.74, 6) is 0. The molecule has 1 aromatic carbocycles. The lowest BCUT2D eigenvalue weighted by Crippen LogP contribution is -2.12. The average molecular weight is 314 g/mol. The summed E-state index contributed by atoms with van der Waals surface area (Å²) in [6.07, 6.45) is 7.46. The number of hydrogen-bond donors (Lipinski definition) is 2. The van der Waals surface area contributed by atoms with E-state index in [2.05, 4.69) is 62.7 Å². The number of nitrogens with zero attached hydrogens (tertiary/aromatic N) is 2. The summed E-state index contributed by atoms with van der Waals surface area (Å²) >= 11 is 0. The van der Waals surface area contributed by atoms with Crippen molar-refractivity contribution in [2.24, 2.45) is 0 Å². The second-order valence-corrected chi connectivity index (χ2v) is 5.76. The number of aromatic amines is 1. The van der Waals surface area contributed by atoms with Gasteiger partial charge >= 0.3 is 0 Å². The molecule has 3 aromatic heterocycles. The molecule has 4 aromatic rings. The molecule has 0 atom stereocenters. The molecule has 0 bridgehead atoms. The van der Waals surface area contributed by atoms with Gasteiger partial charge in [-0.2, -0.15) is 0 Å². The number of H-pyrrole nitrogens is 1. The van der Waals surface area contributed by atoms with Gasteiger partial charge < -0.3 is 10.3 Å². The molecule has 0 saturated carbocycles. The van der Waals surface area contributed by atoms with Crippen molar-refractivity contribution in [2.75, 3.05) is 0 Å². The third-order valence-corrected chi connectivity index (χ3v) is 4.11. The van der Waals surface area contributed by atoms with Gasteiger partial charge in [-0.15, -0.1) is 0 Å². The van der Waals surface area contributed by atoms with Crippen molar-refractivity contribution >= 4 is 11.0 Å². The van der Waals surface area contributed by atoms with Crippen LogP contribution in [-0.4, -0.2) is 15.0 Å². The Labute approximate surface area is 140 Å². The second-order valence-electron chi connectivity index (χ2n) is 5.76. The quantitative estimate of drug-likeness (QED) is 0.587. The molecule has 0 amide bonds. The normalized spacial score (nSPS) is 11.0. The lowest BCUT2D eigenvalue weighted by Gasteiger charge is -2.07. The summed E-state index contributed by atoms with van der Waals surface area (Å²) in [4.78, 5) is 11.6. The Balaban J connectivity index is 1.46. The number of pyridine rings is 2. The molecule has 0 radical (unpaired) electrons. The van der Waals surface area contributed by atoms with E-state index in [1.807, 2.05) is 24.7 Å². The van der Waals surface area contributed by atoms with Gasteiger partial charge in [0.1, 0.15) is 5.65 Å². The largest absolute Gasteiger partial charge is 0.346 e. The SMILES string of the molecule is c1cncc(CNCc2ccc(-c3ccnc4[nH]ccc34)cc2)c1. The minimum Gasteiger partial charge on any atom is -0.346 e. The maximum Gasteiger partial charge on any atom is 0.137 e. The van der Waals surface area contributed by atoms with E-state index in [1.165, 1.54) is 22.3 Å². The highest BCUT2D eigenvalue weighted by molar-refractivity contribution is 5.92. The lowest BCUT2D eigenvalue weighted by molar-refractivity contribution is 0.691. The van der Waals surface area contributed by atoms with Crippen molar-refractivity contribution in [3.63, 3.8) is 0 Å². The summed E-state index contributed by atoms with van der Waals surface area (Å²) in [5.41, 5.74) is 5.80. The Bertz CT molecular complexity index is 927. The maximum absolute atomic E-state index is 4.34. The molecule has 24 heavy (non-hydrogen) atoms. The lowest BCUT2D eigenvalue weighted by atomic mass is 10.0. The molecular formula is C20H18N4. The highest BCUT2D eigenvalue weighted by Gasteiger charge is 2.05. The van der Waals surface area contributed by atoms with Gasteiger partial charge in [0.05, 0.1) is 0 Å². The Morgan fingerprint density at radius 2 is 1.75 bits per heavy atom. The van der Waals surface area contributed by atoms with Crippen molar-refractivity contribution < 1.29 is 0 Å². The van der Waals surface area contributed by atoms with Crippen LogP contribution in [0, 0.1) is 0 Å². The molecule has 0 saturated heterocycles. The van der Waals surface area contributed by atoms with E-state index in [0.717, 1.165) is 24.1 Å². The number of benzene rings is 1. The Morgan fingerprint density at radius 1 is 0.875 bits per heavy atom. The minimum atomic E-state index is 0.823. The Hall–Kier alpha value is -2.98. The van der Waals surface area contributed by atoms with Crippen LogP contribution < -0.4 is 5.32 Å². The smallest absolute Gasteiger partial charge is 0.137 e. The number of aromatic nitrogens is 3. The fourth-order valence-electron chi connectivity index (χ4n) is 2.87. The van der Waals surface area contributed by atoms with Gasteiger partial charge in [-0.25, -0.2) is 4.98 Å². The highest BCUT2D eigenvalue weighted by Crippen LogP contribution is 2.27. The van der Waals surface area contributed by atoms with Gasteiger partial charge in [0.25, 0.3) is 0 Å². The third-order valence-electron chi connectivity index (χ3n) is 4.11. The van der Waals surface area contributed by atoms with Gasteiger partial charge in [0.2, 0.25) is 0 Å². The van der Waals surface area contributed by atoms with Gasteiger partial charge in [-0.3, -0.25) is 4.98 Å². The van der Waals surface area contributed by atoms with Crippen LogP contribution in [0.5, 0.6) is 0 Å². The zero-order valence-corrected chi connectivity index (χ0v) is 13.2. The molecule has 0 unspecified atom stereocenters. The van der Waals surface area contributed by atoms with Gasteiger partial charge in [-0.1, -0.05) is 30.3 Å². The van der Waals surface area contributed by atoms with Crippen LogP contribution in [0.4, 0.5) is 0 Å². The van der Waals surface area contributed by atoms with Crippen LogP contribution in [0.3, 0.4) is 0 Å². The Kier molecular flexibility index (Phi) is 4.04. The van der Waals surface area contributed by atoms with Crippen LogP contribution in [0.15, 0.2) is 73.3 Å². The molecule has 2 N–H and O–H groups in total. The van der Waals surface area contributed by atoms with Crippen molar-refractivity contribution in [3.05, 3.63) is 84.4 Å². The first kappa shape index (κ1) is 14.6. The van der Waals surface area contributed by atoms with E-state index in [0.29, 0.717) is 0 Å². The van der Waals surface area contributed by atoms with Crippen molar-refractivity contribution in [1.29, 1.82) is 0 Å². The zero-order valence-electron chi connectivity index (χ0n) is 13.2. The maximum atomic E-state index is 4.34. The molecule has 0 aliphatic carbocycles. The second kappa shape index (κ2) is 6.64. The fourth-order valence-corrected chi connectivity index (χ4v) is 2.87. The van der Waals surface area contributed by atoms with Crippen LogP contribution in [0.1, 0.15) is 11.1 Å². The summed E-state index contributed by atoms with van der Waals surface area (Å²) in [6.45, 7) is 1.66. The minimum absolute atomic E-state index is 0.823. The fraction of sp³-hybridized carbons (Fsp3) is 0.100. The molecular weight excluding hydrogens is 296 g/mol. The Morgan fingerprint density at radius 3 is 2.58 bits per heavy atom. The van der Waals surface area contributed by atoms with Crippen molar-refractivity contribution in [3.8, 4) is 11.1 Å². The summed E-state index contributed by atoms with van der Waals surface area (Å²) in [6, 6.07) is 16.9. The molecule has 0 aliphatic rings. The van der Waals surface area contributed by atoms with E-state index in [9.17, 15) is 0 Å². The van der Waals surface area contributed by atoms with Crippen LogP contribution >= 0.6 is 0 Å². The summed E-state index contributed by atoms with van der Waals surface area (Å²) in [5, 5.41) is 4.60. The van der Waals surface area contributed by atoms with Crippen LogP contribution in [0.25, 0.3) is 22.2 Å². The zero-order chi connectivity index (χ0) is 16.2. The van der Waals surface area contributed by atoms with E-state index in [4.69, 9.17) is 0 Å². The summed E-state index contributed by atoms with van der Waals surface area (Å²) in [7, 11) is 0. The molecule has 0 fully saturated rings. The number of rotatable bonds is 5. The molecule has 4 heteroatoms. The number of fused-ring (bicyclic) bond motifs is 1. The van der Waals surface area contributed by atoms with Gasteiger partial charge in [-0.05, 0) is 40.5 Å². The molecule has 118 valence electrons. The van der Waals surface area contributed by atoms with Crippen molar-refractivity contribution in [1.82, 2.24) is 20.3 Å². The first-order chi connectivity index (χ1) is 11.9. The highest BCUT2D eigenvalue weighted by atomic mass is 14.9. The molecule has 4 nitrogen and oxygen atoms in total. The summed E-state index contributed by atoms with van der Waals surface area (Å²) < 4.78 is 0. The first-order valence-corrected chi connectivity index (χ1v) is 8.01. The number of nitrogens with one attached hydrogen (secondary N) is 2. The molecule has 3 heterocycles. The predicted octanol–water partition coefficient (Wildman–Crippen LogP) is 3.91. The van der Waals surface area contributed by atoms with Crippen LogP contribution in [0.2, 0.25) is 0 Å². The predicted molar refractivity (Wildman–Crippen MR) is 96.3 cm³/mol. The average Bonchev–Trinajstić information content (AvgIpc) is 3.12. The monoisotopic (exact) mass is 314 g/mol. The van der Waals surface area contributed by atoms with Gasteiger partial charge in [0, 0.05) is 43.3 Å². The molecule has 0 aliphatic heterocycles. The number of hydrogen-bond acceptors (Lipinski definition) is 3. The topological polar surface area (TPSA) is 53.6 Å². The van der Waals surface area contributed by atoms with Crippen LogP contribution in [-0.2, 0) is 13.1 Å². The first-order valence-electron chi connectivity index (χ1n) is 8.01. The van der Waals surface area contributed by atoms with E-state index < -0.39 is 0 Å². The van der Waals surface area contributed by atoms with E-state index in [1.54, 1.807) is 6.20 Å². The van der Waals surface area contributed by atoms with Gasteiger partial charge in [0.15, 0.2) is 0 Å². The van der Waals surface area contributed by atoms with Crippen molar-refractivity contribution in [2.45, 2.75) is 13.1 Å². The molecule has 0 spiro atoms.